The normalized spacial score (nSPS) is 17.1. The van der Waals surface area contributed by atoms with Crippen LogP contribution in [-0.4, -0.2) is 40.6 Å². The highest BCUT2D eigenvalue weighted by Gasteiger charge is 2.10. The van der Waals surface area contributed by atoms with E-state index in [1.54, 1.807) is 17.0 Å². The minimum Gasteiger partial charge on any atom is -0.364 e. The number of likely N-dealkylation sites (tertiary alicyclic amines) is 1. The summed E-state index contributed by atoms with van der Waals surface area (Å²) >= 11 is 0. The second-order valence-electron chi connectivity index (χ2n) is 5.76. The molecule has 1 aromatic rings. The quantitative estimate of drug-likeness (QED) is 0.896. The van der Waals surface area contributed by atoms with E-state index in [2.05, 4.69) is 15.2 Å². The van der Waals surface area contributed by atoms with Crippen molar-refractivity contribution in [3.05, 3.63) is 22.7 Å². The summed E-state index contributed by atoms with van der Waals surface area (Å²) in [7, 11) is 0. The largest absolute Gasteiger partial charge is 0.364 e. The number of aromatic nitrogens is 2. The fourth-order valence-corrected chi connectivity index (χ4v) is 2.64. The molecule has 0 unspecified atom stereocenters. The Morgan fingerprint density at radius 3 is 2.60 bits per heavy atom. The number of anilines is 1. The summed E-state index contributed by atoms with van der Waals surface area (Å²) in [5.74, 6) is 0.469. The van der Waals surface area contributed by atoms with E-state index in [4.69, 9.17) is 0 Å². The molecule has 1 fully saturated rings. The summed E-state index contributed by atoms with van der Waals surface area (Å²) in [6.07, 6.45) is 8.72. The molecule has 0 aliphatic carbocycles. The van der Waals surface area contributed by atoms with Crippen LogP contribution in [-0.2, 0) is 0 Å². The number of nitrogens with one attached hydrogen (secondary N) is 1. The van der Waals surface area contributed by atoms with Gasteiger partial charge in [0.1, 0.15) is 0 Å². The number of rotatable bonds is 5. The molecule has 2 rings (SSSR count). The lowest BCUT2D eigenvalue weighted by Gasteiger charge is -2.20. The molecule has 0 aromatic carbocycles. The monoisotopic (exact) mass is 278 g/mol. The van der Waals surface area contributed by atoms with Gasteiger partial charge in [-0.15, -0.1) is 0 Å². The van der Waals surface area contributed by atoms with E-state index in [1.807, 2.05) is 13.8 Å². The Kier molecular flexibility index (Phi) is 5.59. The molecule has 2 heterocycles. The molecule has 1 aliphatic rings. The van der Waals surface area contributed by atoms with Gasteiger partial charge in [0.15, 0.2) is 5.82 Å². The van der Waals surface area contributed by atoms with E-state index >= 15 is 0 Å². The Morgan fingerprint density at radius 2 is 1.95 bits per heavy atom. The van der Waals surface area contributed by atoms with E-state index in [0.29, 0.717) is 5.82 Å². The van der Waals surface area contributed by atoms with Gasteiger partial charge < -0.3 is 14.8 Å². The van der Waals surface area contributed by atoms with E-state index in [1.165, 1.54) is 38.8 Å². The predicted molar refractivity (Wildman–Crippen MR) is 82.3 cm³/mol. The molecule has 5 nitrogen and oxygen atoms in total. The molecule has 112 valence electrons. The summed E-state index contributed by atoms with van der Waals surface area (Å²) < 4.78 is 1.71. The molecule has 1 saturated heterocycles. The molecule has 0 atom stereocenters. The second-order valence-corrected chi connectivity index (χ2v) is 5.76. The highest BCUT2D eigenvalue weighted by molar-refractivity contribution is 5.30. The summed E-state index contributed by atoms with van der Waals surface area (Å²) in [5.41, 5.74) is -0.0293. The topological polar surface area (TPSA) is 50.2 Å². The summed E-state index contributed by atoms with van der Waals surface area (Å²) in [5, 5.41) is 3.19. The molecule has 1 N–H and O–H groups in total. The fraction of sp³-hybridized carbons (Fsp3) is 0.733. The van der Waals surface area contributed by atoms with Gasteiger partial charge in [-0.25, -0.2) is 4.98 Å². The van der Waals surface area contributed by atoms with Gasteiger partial charge in [0.2, 0.25) is 0 Å². The van der Waals surface area contributed by atoms with E-state index in [0.717, 1.165) is 13.1 Å². The van der Waals surface area contributed by atoms with Crippen LogP contribution in [0.3, 0.4) is 0 Å². The van der Waals surface area contributed by atoms with Gasteiger partial charge in [-0.3, -0.25) is 4.79 Å². The molecule has 1 aromatic heterocycles. The van der Waals surface area contributed by atoms with Gasteiger partial charge in [0.05, 0.1) is 0 Å². The number of nitrogens with zero attached hydrogens (tertiary/aromatic N) is 3. The van der Waals surface area contributed by atoms with Gasteiger partial charge in [-0.2, -0.15) is 0 Å². The van der Waals surface area contributed by atoms with Gasteiger partial charge in [0, 0.05) is 31.5 Å². The third kappa shape index (κ3) is 4.07. The summed E-state index contributed by atoms with van der Waals surface area (Å²) in [6.45, 7) is 8.13. The van der Waals surface area contributed by atoms with Crippen LogP contribution in [0.1, 0.15) is 45.6 Å². The Balaban J connectivity index is 1.87. The molecule has 0 spiro atoms. The zero-order chi connectivity index (χ0) is 14.4. The highest BCUT2D eigenvalue weighted by Crippen LogP contribution is 2.09. The lowest BCUT2D eigenvalue weighted by molar-refractivity contribution is 0.296. The summed E-state index contributed by atoms with van der Waals surface area (Å²) in [4.78, 5) is 18.8. The van der Waals surface area contributed by atoms with Crippen LogP contribution >= 0.6 is 0 Å². The molecule has 0 saturated carbocycles. The van der Waals surface area contributed by atoms with Crippen LogP contribution in [0.5, 0.6) is 0 Å². The maximum Gasteiger partial charge on any atom is 0.293 e. The third-order valence-corrected chi connectivity index (χ3v) is 3.84. The zero-order valence-corrected chi connectivity index (χ0v) is 12.6. The van der Waals surface area contributed by atoms with Crippen molar-refractivity contribution in [3.63, 3.8) is 0 Å². The molecule has 5 heteroatoms. The zero-order valence-electron chi connectivity index (χ0n) is 12.6. The Morgan fingerprint density at radius 1 is 1.25 bits per heavy atom. The maximum atomic E-state index is 12.2. The molecule has 1 aliphatic heterocycles. The first-order chi connectivity index (χ1) is 9.68. The van der Waals surface area contributed by atoms with Crippen molar-refractivity contribution in [1.29, 1.82) is 0 Å². The lowest BCUT2D eigenvalue weighted by Crippen LogP contribution is -2.32. The lowest BCUT2D eigenvalue weighted by atomic mass is 10.2. The van der Waals surface area contributed by atoms with E-state index in [-0.39, 0.29) is 11.6 Å². The SMILES string of the molecule is CC(C)n1ccnc(NCCN2CCCCCC2)c1=O. The molecular weight excluding hydrogens is 252 g/mol. The van der Waals surface area contributed by atoms with Gasteiger partial charge in [0.25, 0.3) is 5.56 Å². The first-order valence-electron chi connectivity index (χ1n) is 7.72. The predicted octanol–water partition coefficient (Wildman–Crippen LogP) is 2.11. The van der Waals surface area contributed by atoms with Crippen molar-refractivity contribution in [3.8, 4) is 0 Å². The van der Waals surface area contributed by atoms with Crippen LogP contribution in [0.25, 0.3) is 0 Å². The average molecular weight is 278 g/mol. The van der Waals surface area contributed by atoms with Crippen molar-refractivity contribution >= 4 is 5.82 Å². The molecule has 0 bridgehead atoms. The second kappa shape index (κ2) is 7.43. The van der Waals surface area contributed by atoms with Crippen LogP contribution in [0.2, 0.25) is 0 Å². The Bertz CT molecular complexity index is 461. The van der Waals surface area contributed by atoms with Crippen molar-refractivity contribution in [2.24, 2.45) is 0 Å². The van der Waals surface area contributed by atoms with Crippen molar-refractivity contribution < 1.29 is 0 Å². The van der Waals surface area contributed by atoms with Gasteiger partial charge in [-0.1, -0.05) is 12.8 Å². The fourth-order valence-electron chi connectivity index (χ4n) is 2.64. The van der Waals surface area contributed by atoms with E-state index in [9.17, 15) is 4.79 Å². The van der Waals surface area contributed by atoms with Crippen LogP contribution in [0.4, 0.5) is 5.82 Å². The van der Waals surface area contributed by atoms with Crippen LogP contribution in [0, 0.1) is 0 Å². The Labute approximate surface area is 121 Å². The molecule has 20 heavy (non-hydrogen) atoms. The number of hydrogen-bond acceptors (Lipinski definition) is 4. The smallest absolute Gasteiger partial charge is 0.293 e. The molecular formula is C15H26N4O. The molecule has 0 radical (unpaired) electrons. The third-order valence-electron chi connectivity index (χ3n) is 3.84. The van der Waals surface area contributed by atoms with Crippen molar-refractivity contribution in [2.45, 2.75) is 45.6 Å². The average Bonchev–Trinajstić information content (AvgIpc) is 2.69. The highest BCUT2D eigenvalue weighted by atomic mass is 16.1. The van der Waals surface area contributed by atoms with Gasteiger partial charge in [-0.05, 0) is 39.8 Å². The molecule has 0 amide bonds. The standard InChI is InChI=1S/C15H26N4O/c1-13(2)19-12-8-17-14(15(19)20)16-7-11-18-9-5-3-4-6-10-18/h8,12-13H,3-7,9-11H2,1-2H3,(H,16,17). The van der Waals surface area contributed by atoms with Crippen LogP contribution in [0.15, 0.2) is 17.2 Å². The summed E-state index contributed by atoms with van der Waals surface area (Å²) in [6, 6.07) is 0.164. The maximum absolute atomic E-state index is 12.2. The number of hydrogen-bond donors (Lipinski definition) is 1. The van der Waals surface area contributed by atoms with E-state index < -0.39 is 0 Å². The van der Waals surface area contributed by atoms with Crippen LogP contribution < -0.4 is 10.9 Å². The first-order valence-corrected chi connectivity index (χ1v) is 7.72. The van der Waals surface area contributed by atoms with Gasteiger partial charge >= 0.3 is 0 Å². The van der Waals surface area contributed by atoms with Crippen molar-refractivity contribution in [2.75, 3.05) is 31.5 Å². The minimum absolute atomic E-state index is 0.0293. The Hall–Kier alpha value is -1.36. The minimum atomic E-state index is -0.0293. The van der Waals surface area contributed by atoms with Crippen molar-refractivity contribution in [1.82, 2.24) is 14.5 Å². The first kappa shape index (κ1) is 15.0.